The fourth-order valence-electron chi connectivity index (χ4n) is 1.34. The molecule has 0 radical (unpaired) electrons. The number of halogens is 3. The van der Waals surface area contributed by atoms with E-state index < -0.39 is 25.9 Å². The molecule has 0 aliphatic carbocycles. The van der Waals surface area contributed by atoms with E-state index in [2.05, 4.69) is 3.63 Å². The molecule has 0 atom stereocenters. The maximum Gasteiger partial charge on any atom is 0.523 e. The van der Waals surface area contributed by atoms with Crippen molar-refractivity contribution in [2.45, 2.75) is 38.1 Å². The quantitative estimate of drug-likeness (QED) is 0.509. The molecule has 0 saturated carbocycles. The molecular weight excluding hydrogens is 305 g/mol. The van der Waals surface area contributed by atoms with Gasteiger partial charge in [0.05, 0.1) is 5.75 Å². The van der Waals surface area contributed by atoms with Gasteiger partial charge in [0.2, 0.25) is 0 Å². The number of rotatable bonds is 8. The van der Waals surface area contributed by atoms with Crippen molar-refractivity contribution in [2.75, 3.05) is 18.3 Å². The summed E-state index contributed by atoms with van der Waals surface area (Å²) in [6.45, 7) is 1.96. The summed E-state index contributed by atoms with van der Waals surface area (Å²) in [6, 6.07) is 0. The van der Waals surface area contributed by atoms with Crippen LogP contribution in [-0.4, -0.2) is 38.0 Å². The van der Waals surface area contributed by atoms with Gasteiger partial charge in [-0.2, -0.15) is 21.6 Å². The summed E-state index contributed by atoms with van der Waals surface area (Å²) in [5.74, 6) is -0.558. The van der Waals surface area contributed by atoms with Crippen molar-refractivity contribution in [2.24, 2.45) is 0 Å². The molecule has 0 spiro atoms. The number of hydrogen-bond acceptors (Lipinski definition) is 4. The Morgan fingerprint density at radius 2 is 1.68 bits per heavy atom. The van der Waals surface area contributed by atoms with Crippen LogP contribution in [0.15, 0.2) is 0 Å². The predicted molar refractivity (Wildman–Crippen MR) is 69.5 cm³/mol. The normalized spacial score (nSPS) is 14.4. The smallest absolute Gasteiger partial charge is 0.299 e. The van der Waals surface area contributed by atoms with E-state index in [1.807, 2.05) is 6.92 Å². The lowest BCUT2D eigenvalue weighted by Crippen LogP contribution is -2.28. The van der Waals surface area contributed by atoms with Gasteiger partial charge in [0, 0.05) is 6.42 Å². The second-order valence-corrected chi connectivity index (χ2v) is 9.62. The highest BCUT2D eigenvalue weighted by molar-refractivity contribution is 8.32. The van der Waals surface area contributed by atoms with Gasteiger partial charge in [0.25, 0.3) is 0 Å². The van der Waals surface area contributed by atoms with Crippen LogP contribution < -0.4 is 0 Å². The molecule has 0 saturated heterocycles. The zero-order chi connectivity index (χ0) is 15.3. The van der Waals surface area contributed by atoms with Crippen LogP contribution in [0.5, 0.6) is 0 Å². The van der Waals surface area contributed by atoms with Gasteiger partial charge < -0.3 is 0 Å². The molecule has 0 bridgehead atoms. The van der Waals surface area contributed by atoms with E-state index in [1.54, 1.807) is 0 Å². The van der Waals surface area contributed by atoms with Gasteiger partial charge in [-0.25, -0.2) is 3.63 Å². The number of alkyl halides is 3. The van der Waals surface area contributed by atoms with Gasteiger partial charge in [0.1, 0.15) is 5.78 Å². The van der Waals surface area contributed by atoms with Crippen molar-refractivity contribution in [1.29, 1.82) is 0 Å². The van der Waals surface area contributed by atoms with Crippen molar-refractivity contribution < 1.29 is 30.0 Å². The molecule has 0 aromatic heterocycles. The summed E-state index contributed by atoms with van der Waals surface area (Å²) in [5, 5.41) is 0. The Balaban J connectivity index is 4.53. The van der Waals surface area contributed by atoms with Gasteiger partial charge in [-0.15, -0.1) is 10.3 Å². The van der Waals surface area contributed by atoms with Crippen LogP contribution in [-0.2, 0) is 18.5 Å². The van der Waals surface area contributed by atoms with Crippen molar-refractivity contribution in [3.63, 3.8) is 0 Å². The van der Waals surface area contributed by atoms with Crippen LogP contribution in [0, 0.1) is 0 Å². The van der Waals surface area contributed by atoms with E-state index >= 15 is 0 Å². The van der Waals surface area contributed by atoms with Crippen LogP contribution in [0.4, 0.5) is 13.2 Å². The zero-order valence-corrected chi connectivity index (χ0v) is 12.8. The third kappa shape index (κ3) is 7.17. The largest absolute Gasteiger partial charge is 0.523 e. The molecule has 0 unspecified atom stereocenters. The molecule has 116 valence electrons. The second kappa shape index (κ2) is 6.94. The van der Waals surface area contributed by atoms with Crippen LogP contribution >= 0.6 is 10.3 Å². The minimum absolute atomic E-state index is 0.236. The highest BCUT2D eigenvalue weighted by Gasteiger charge is 2.49. The molecule has 0 amide bonds. The van der Waals surface area contributed by atoms with Crippen LogP contribution in [0.2, 0.25) is 0 Å². The average Bonchev–Trinajstić information content (AvgIpc) is 2.13. The fourth-order valence-corrected chi connectivity index (χ4v) is 4.70. The molecule has 0 aromatic carbocycles. The first-order valence-electron chi connectivity index (χ1n) is 5.66. The number of unbranched alkanes of at least 4 members (excludes halogenated alkanes) is 2. The molecule has 19 heavy (non-hydrogen) atoms. The molecule has 4 nitrogen and oxygen atoms in total. The van der Waals surface area contributed by atoms with Crippen LogP contribution in [0.1, 0.15) is 32.6 Å². The minimum Gasteiger partial charge on any atom is -0.299 e. The molecule has 0 heterocycles. The number of ketones is 1. The molecule has 0 N–H and O–H groups in total. The van der Waals surface area contributed by atoms with Crippen molar-refractivity contribution in [3.8, 4) is 0 Å². The molecular formula is C10H19F3O4S2. The maximum absolute atomic E-state index is 12.2. The summed E-state index contributed by atoms with van der Waals surface area (Å²) >= 11 is 0. The first-order chi connectivity index (χ1) is 8.41. The van der Waals surface area contributed by atoms with Crippen LogP contribution in [0.25, 0.3) is 0 Å². The molecule has 0 fully saturated rings. The summed E-state index contributed by atoms with van der Waals surface area (Å²) in [4.78, 5) is 11.5. The predicted octanol–water partition coefficient (Wildman–Crippen LogP) is 2.98. The fraction of sp³-hybridized carbons (Fsp3) is 0.900. The molecule has 0 aromatic rings. The first-order valence-corrected chi connectivity index (χ1v) is 9.61. The molecule has 0 rings (SSSR count). The lowest BCUT2D eigenvalue weighted by atomic mass is 10.2. The SMILES string of the molecule is CCCCCC(=O)CS(C)(C)OS(=O)(=O)C(F)(F)F. The van der Waals surface area contributed by atoms with E-state index in [1.165, 1.54) is 12.5 Å². The zero-order valence-electron chi connectivity index (χ0n) is 11.1. The Kier molecular flexibility index (Phi) is 6.84. The Morgan fingerprint density at radius 1 is 1.16 bits per heavy atom. The van der Waals surface area contributed by atoms with E-state index in [9.17, 15) is 26.4 Å². The third-order valence-corrected chi connectivity index (χ3v) is 5.90. The summed E-state index contributed by atoms with van der Waals surface area (Å²) in [6.07, 6.45) is 5.12. The Labute approximate surface area is 113 Å². The highest BCUT2D eigenvalue weighted by Crippen LogP contribution is 2.46. The summed E-state index contributed by atoms with van der Waals surface area (Å²) in [7, 11) is -8.26. The second-order valence-electron chi connectivity index (χ2n) is 4.54. The summed E-state index contributed by atoms with van der Waals surface area (Å²) < 4.78 is 62.4. The third-order valence-electron chi connectivity index (χ3n) is 2.13. The Bertz CT molecular complexity index is 401. The van der Waals surface area contributed by atoms with E-state index in [0.29, 0.717) is 6.42 Å². The highest BCUT2D eigenvalue weighted by atomic mass is 32.3. The first kappa shape index (κ1) is 18.7. The molecule has 0 aliphatic rings. The van der Waals surface area contributed by atoms with E-state index in [4.69, 9.17) is 0 Å². The van der Waals surface area contributed by atoms with Gasteiger partial charge in [-0.05, 0) is 18.9 Å². The lowest BCUT2D eigenvalue weighted by Gasteiger charge is -2.29. The van der Waals surface area contributed by atoms with Crippen LogP contribution in [0.3, 0.4) is 0 Å². The van der Waals surface area contributed by atoms with Gasteiger partial charge in [0.15, 0.2) is 0 Å². The number of hydrogen-bond donors (Lipinski definition) is 0. The van der Waals surface area contributed by atoms with Gasteiger partial charge in [-0.3, -0.25) is 4.79 Å². The standard InChI is InChI=1S/C10H19F3O4S2/c1-4-5-6-7-9(14)8-18(2,3)17-19(15,16)10(11,12)13/h4-8H2,1-3H3. The Hall–Kier alpha value is -0.280. The van der Waals surface area contributed by atoms with Gasteiger partial charge >= 0.3 is 15.6 Å². The van der Waals surface area contributed by atoms with E-state index in [0.717, 1.165) is 12.8 Å². The van der Waals surface area contributed by atoms with E-state index in [-0.39, 0.29) is 18.0 Å². The topological polar surface area (TPSA) is 60.4 Å². The lowest BCUT2D eigenvalue weighted by molar-refractivity contribution is -0.116. The molecule has 9 heteroatoms. The average molecular weight is 324 g/mol. The van der Waals surface area contributed by atoms with Crippen molar-refractivity contribution in [1.82, 2.24) is 0 Å². The maximum atomic E-state index is 12.2. The van der Waals surface area contributed by atoms with Gasteiger partial charge in [-0.1, -0.05) is 19.8 Å². The number of Topliss-reactive ketones (excluding diaryl/α,β-unsaturated/α-hetero) is 1. The Morgan fingerprint density at radius 3 is 2.11 bits per heavy atom. The van der Waals surface area contributed by atoms with Crippen molar-refractivity contribution >= 4 is 26.2 Å². The number of carbonyl (C=O) groups is 1. The van der Waals surface area contributed by atoms with Crippen molar-refractivity contribution in [3.05, 3.63) is 0 Å². The number of carbonyl (C=O) groups excluding carboxylic acids is 1. The molecule has 0 aliphatic heterocycles. The monoisotopic (exact) mass is 324 g/mol. The summed E-state index contributed by atoms with van der Waals surface area (Å²) in [5.41, 5.74) is -5.46. The minimum atomic E-state index is -5.64.